The maximum atomic E-state index is 11.6. The molecule has 1 aromatic carbocycles. The average molecular weight is 308 g/mol. The van der Waals surface area contributed by atoms with E-state index in [1.165, 1.54) is 5.56 Å². The van der Waals surface area contributed by atoms with E-state index >= 15 is 0 Å². The maximum Gasteiger partial charge on any atom is 0.407 e. The molecule has 0 aromatic heterocycles. The third-order valence-electron chi connectivity index (χ3n) is 3.06. The molecule has 0 fully saturated rings. The second kappa shape index (κ2) is 10.1. The summed E-state index contributed by atoms with van der Waals surface area (Å²) in [7, 11) is 0. The van der Waals surface area contributed by atoms with E-state index in [2.05, 4.69) is 24.4 Å². The Morgan fingerprint density at radius 1 is 1.23 bits per heavy atom. The van der Waals surface area contributed by atoms with Crippen molar-refractivity contribution >= 4 is 11.8 Å². The molecular weight excluding hydrogens is 276 g/mol. The van der Waals surface area contributed by atoms with Gasteiger partial charge in [0.15, 0.2) is 0 Å². The molecule has 1 rings (SSSR count). The van der Waals surface area contributed by atoms with Gasteiger partial charge in [-0.3, -0.25) is 0 Å². The van der Waals surface area contributed by atoms with Crippen LogP contribution in [-0.4, -0.2) is 18.2 Å². The van der Waals surface area contributed by atoms with Crippen molar-refractivity contribution < 1.29 is 9.53 Å². The highest BCUT2D eigenvalue weighted by Crippen LogP contribution is 2.23. The van der Waals surface area contributed by atoms with Gasteiger partial charge in [0, 0.05) is 12.2 Å². The van der Waals surface area contributed by atoms with Gasteiger partial charge in [-0.25, -0.2) is 4.79 Å². The fraction of sp³-hybridized carbons (Fsp3) is 0.611. The fourth-order valence-corrected chi connectivity index (χ4v) is 2.04. The molecular formula is C18H32N2O2. The minimum absolute atomic E-state index is 0.357. The Morgan fingerprint density at radius 3 is 2.23 bits per heavy atom. The molecule has 1 amide bonds. The molecule has 0 heterocycles. The van der Waals surface area contributed by atoms with Gasteiger partial charge in [-0.05, 0) is 57.2 Å². The molecule has 3 N–H and O–H groups in total. The van der Waals surface area contributed by atoms with Gasteiger partial charge >= 0.3 is 6.09 Å². The molecule has 126 valence electrons. The number of amides is 1. The molecule has 1 aromatic rings. The number of rotatable bonds is 5. The first-order valence-corrected chi connectivity index (χ1v) is 8.14. The van der Waals surface area contributed by atoms with E-state index in [-0.39, 0.29) is 6.09 Å². The quantitative estimate of drug-likeness (QED) is 0.775. The predicted octanol–water partition coefficient (Wildman–Crippen LogP) is 4.70. The lowest BCUT2D eigenvalue weighted by Gasteiger charge is -2.20. The molecule has 0 aliphatic rings. The normalized spacial score (nSPS) is 11.9. The average Bonchev–Trinajstić information content (AvgIpc) is 2.45. The third kappa shape index (κ3) is 8.55. The second-order valence-corrected chi connectivity index (χ2v) is 5.99. The molecule has 0 saturated carbocycles. The number of ether oxygens (including phenoxy) is 1. The summed E-state index contributed by atoms with van der Waals surface area (Å²) in [5.74, 6) is 0.422. The lowest BCUT2D eigenvalue weighted by Crippen LogP contribution is -2.33. The van der Waals surface area contributed by atoms with Gasteiger partial charge in [0.1, 0.15) is 5.60 Å². The molecule has 0 bridgehead atoms. The Labute approximate surface area is 135 Å². The van der Waals surface area contributed by atoms with Gasteiger partial charge < -0.3 is 15.8 Å². The number of carbonyl (C=O) groups is 1. The molecule has 0 aliphatic carbocycles. The summed E-state index contributed by atoms with van der Waals surface area (Å²) in [6.45, 7) is 12.3. The van der Waals surface area contributed by atoms with Crippen molar-refractivity contribution in [2.45, 2.75) is 65.9 Å². The molecule has 0 aliphatic heterocycles. The summed E-state index contributed by atoms with van der Waals surface area (Å²) in [5, 5.41) is 2.80. The van der Waals surface area contributed by atoms with Crippen LogP contribution in [0.25, 0.3) is 0 Å². The Balaban J connectivity index is 0.00000211. The second-order valence-electron chi connectivity index (χ2n) is 5.99. The molecule has 0 radical (unpaired) electrons. The molecule has 0 saturated heterocycles. The minimum atomic E-state index is -0.453. The van der Waals surface area contributed by atoms with Gasteiger partial charge in [-0.15, -0.1) is 0 Å². The van der Waals surface area contributed by atoms with E-state index in [1.54, 1.807) is 0 Å². The topological polar surface area (TPSA) is 64.3 Å². The smallest absolute Gasteiger partial charge is 0.407 e. The van der Waals surface area contributed by atoms with Gasteiger partial charge in [0.05, 0.1) is 0 Å². The van der Waals surface area contributed by atoms with E-state index in [0.717, 1.165) is 18.5 Å². The Kier molecular flexibility index (Phi) is 9.31. The van der Waals surface area contributed by atoms with Crippen molar-refractivity contribution in [3.63, 3.8) is 0 Å². The summed E-state index contributed by atoms with van der Waals surface area (Å²) in [4.78, 5) is 11.6. The van der Waals surface area contributed by atoms with Crippen molar-refractivity contribution in [2.24, 2.45) is 0 Å². The standard InChI is InChI=1S/C16H26N2O2.C2H6/c1-5-12(13-6-8-14(17)9-7-13)10-11-18-15(19)20-16(2,3)4;1-2/h6-9,12H,5,10-11,17H2,1-4H3,(H,18,19);1-2H3. The van der Waals surface area contributed by atoms with E-state index in [9.17, 15) is 4.79 Å². The van der Waals surface area contributed by atoms with Crippen LogP contribution in [0.4, 0.5) is 10.5 Å². The highest BCUT2D eigenvalue weighted by Gasteiger charge is 2.16. The first-order valence-electron chi connectivity index (χ1n) is 8.14. The monoisotopic (exact) mass is 308 g/mol. The number of nitrogens with one attached hydrogen (secondary N) is 1. The minimum Gasteiger partial charge on any atom is -0.444 e. The highest BCUT2D eigenvalue weighted by atomic mass is 16.6. The van der Waals surface area contributed by atoms with Gasteiger partial charge in [0.2, 0.25) is 0 Å². The van der Waals surface area contributed by atoms with Crippen LogP contribution in [0, 0.1) is 0 Å². The number of hydrogen-bond donors (Lipinski definition) is 2. The van der Waals surface area contributed by atoms with Gasteiger partial charge in [-0.2, -0.15) is 0 Å². The first-order chi connectivity index (χ1) is 10.3. The van der Waals surface area contributed by atoms with E-state index < -0.39 is 5.60 Å². The lowest BCUT2D eigenvalue weighted by molar-refractivity contribution is 0.0526. The SMILES string of the molecule is CC.CCC(CCNC(=O)OC(C)(C)C)c1ccc(N)cc1. The number of carbonyl (C=O) groups excluding carboxylic acids is 1. The zero-order valence-electron chi connectivity index (χ0n) is 14.9. The number of nitrogens with two attached hydrogens (primary N) is 1. The van der Waals surface area contributed by atoms with Crippen LogP contribution in [0.15, 0.2) is 24.3 Å². The summed E-state index contributed by atoms with van der Waals surface area (Å²) >= 11 is 0. The number of anilines is 1. The Bertz CT molecular complexity index is 422. The first kappa shape index (κ1) is 20.3. The van der Waals surface area contributed by atoms with Crippen molar-refractivity contribution in [2.75, 3.05) is 12.3 Å². The third-order valence-corrected chi connectivity index (χ3v) is 3.06. The van der Waals surface area contributed by atoms with E-state index in [4.69, 9.17) is 10.5 Å². The predicted molar refractivity (Wildman–Crippen MR) is 94.1 cm³/mol. The Hall–Kier alpha value is -1.71. The summed E-state index contributed by atoms with van der Waals surface area (Å²) in [6.07, 6.45) is 1.56. The zero-order chi connectivity index (χ0) is 17.2. The van der Waals surface area contributed by atoms with E-state index in [1.807, 2.05) is 46.8 Å². The molecule has 22 heavy (non-hydrogen) atoms. The molecule has 4 nitrogen and oxygen atoms in total. The Morgan fingerprint density at radius 2 is 1.77 bits per heavy atom. The number of nitrogen functional groups attached to an aromatic ring is 1. The molecule has 1 atom stereocenters. The summed E-state index contributed by atoms with van der Waals surface area (Å²) in [5.41, 5.74) is 7.27. The van der Waals surface area contributed by atoms with Crippen LogP contribution >= 0.6 is 0 Å². The largest absolute Gasteiger partial charge is 0.444 e. The summed E-state index contributed by atoms with van der Waals surface area (Å²) in [6, 6.07) is 7.94. The van der Waals surface area contributed by atoms with Crippen molar-refractivity contribution in [3.05, 3.63) is 29.8 Å². The number of alkyl carbamates (subject to hydrolysis) is 1. The molecule has 0 spiro atoms. The van der Waals surface area contributed by atoms with Crippen LogP contribution in [0.5, 0.6) is 0 Å². The van der Waals surface area contributed by atoms with Crippen LogP contribution in [-0.2, 0) is 4.74 Å². The van der Waals surface area contributed by atoms with Gasteiger partial charge in [-0.1, -0.05) is 32.9 Å². The number of hydrogen-bond acceptors (Lipinski definition) is 3. The van der Waals surface area contributed by atoms with Crippen molar-refractivity contribution in [3.8, 4) is 0 Å². The zero-order valence-corrected chi connectivity index (χ0v) is 14.9. The fourth-order valence-electron chi connectivity index (χ4n) is 2.04. The van der Waals surface area contributed by atoms with E-state index in [0.29, 0.717) is 12.5 Å². The summed E-state index contributed by atoms with van der Waals surface area (Å²) < 4.78 is 5.21. The highest BCUT2D eigenvalue weighted by molar-refractivity contribution is 5.67. The number of benzene rings is 1. The lowest BCUT2D eigenvalue weighted by atomic mass is 9.93. The van der Waals surface area contributed by atoms with Crippen LogP contribution in [0.2, 0.25) is 0 Å². The van der Waals surface area contributed by atoms with Crippen LogP contribution in [0.1, 0.15) is 65.9 Å². The van der Waals surface area contributed by atoms with Crippen molar-refractivity contribution in [1.29, 1.82) is 0 Å². The van der Waals surface area contributed by atoms with Crippen LogP contribution < -0.4 is 11.1 Å². The maximum absolute atomic E-state index is 11.6. The van der Waals surface area contributed by atoms with Crippen molar-refractivity contribution in [1.82, 2.24) is 5.32 Å². The molecule has 1 unspecified atom stereocenters. The van der Waals surface area contributed by atoms with Crippen LogP contribution in [0.3, 0.4) is 0 Å². The molecule has 4 heteroatoms. The van der Waals surface area contributed by atoms with Gasteiger partial charge in [0.25, 0.3) is 0 Å².